The first kappa shape index (κ1) is 25.4. The highest BCUT2D eigenvalue weighted by Gasteiger charge is 2.34. The number of rotatable bonds is 6. The third-order valence-electron chi connectivity index (χ3n) is 5.45. The van der Waals surface area contributed by atoms with Gasteiger partial charge < -0.3 is 9.93 Å². The van der Waals surface area contributed by atoms with E-state index in [0.717, 1.165) is 11.1 Å². The van der Waals surface area contributed by atoms with Gasteiger partial charge in [0.15, 0.2) is 0 Å². The monoisotopic (exact) mass is 433 g/mol. The van der Waals surface area contributed by atoms with Crippen molar-refractivity contribution in [3.05, 3.63) is 64.2 Å². The molecule has 0 aliphatic carbocycles. The van der Waals surface area contributed by atoms with Crippen molar-refractivity contribution in [1.29, 1.82) is 0 Å². The number of hydrazine groups is 1. The van der Waals surface area contributed by atoms with E-state index in [-0.39, 0.29) is 30.8 Å². The molecule has 2 amide bonds. The molecule has 8 heteroatoms. The number of nitrogens with one attached hydrogen (secondary N) is 1. The number of nitrogens with zero attached hydrogens (tertiary/aromatic N) is 2. The Balaban J connectivity index is 2.48. The fourth-order valence-electron chi connectivity index (χ4n) is 4.00. The van der Waals surface area contributed by atoms with Crippen molar-refractivity contribution in [3.63, 3.8) is 0 Å². The summed E-state index contributed by atoms with van der Waals surface area (Å²) in [6.45, 7) is 12.1. The van der Waals surface area contributed by atoms with Crippen molar-refractivity contribution < 1.29 is 14.6 Å². The van der Waals surface area contributed by atoms with Crippen molar-refractivity contribution in [2.24, 2.45) is 10.3 Å². The van der Waals surface area contributed by atoms with E-state index in [1.165, 1.54) is 5.01 Å². The fraction of sp³-hybridized carbons (Fsp3) is 0.375. The first-order chi connectivity index (χ1) is 15.0. The zero-order chi connectivity index (χ0) is 24.1. The number of benzene rings is 2. The average molecular weight is 433 g/mol. The smallest absolute Gasteiger partial charge is 0.305 e. The topological polar surface area (TPSA) is 82.0 Å². The Kier molecular flexibility index (Phi) is 8.44. The minimum Gasteiger partial charge on any atom is -0.449 e. The van der Waals surface area contributed by atoms with Gasteiger partial charge in [0, 0.05) is 17.3 Å². The van der Waals surface area contributed by atoms with E-state index < -0.39 is 0 Å². The molecule has 0 aliphatic rings. The predicted octanol–water partition coefficient (Wildman–Crippen LogP) is 1.85. The summed E-state index contributed by atoms with van der Waals surface area (Å²) in [5, 5.41) is 11.0. The molecular weight excluding hydrogens is 400 g/mol. The number of carbonyl (C=O) groups excluding carboxylic acids is 2. The molecule has 0 aromatic heterocycles. The number of carbonyl (C=O) groups is 2. The van der Waals surface area contributed by atoms with Gasteiger partial charge in [0.25, 0.3) is 11.8 Å². The van der Waals surface area contributed by atoms with Crippen LogP contribution in [0.4, 0.5) is 0 Å². The Labute approximate surface area is 192 Å². The van der Waals surface area contributed by atoms with Gasteiger partial charge in [-0.05, 0) is 61.0 Å². The van der Waals surface area contributed by atoms with Crippen molar-refractivity contribution in [2.45, 2.75) is 54.0 Å². The van der Waals surface area contributed by atoms with Crippen LogP contribution in [-0.4, -0.2) is 49.6 Å². The number of aryl methyl sites for hydroxylation is 2. The van der Waals surface area contributed by atoms with Crippen LogP contribution in [0.3, 0.4) is 0 Å². The van der Waals surface area contributed by atoms with Crippen LogP contribution in [-0.2, 0) is 0 Å². The van der Waals surface area contributed by atoms with Gasteiger partial charge in [-0.2, -0.15) is 0 Å². The van der Waals surface area contributed by atoms with Crippen molar-refractivity contribution in [1.82, 2.24) is 10.4 Å². The maximum absolute atomic E-state index is 13.6. The van der Waals surface area contributed by atoms with Crippen LogP contribution in [0.2, 0.25) is 0 Å². The summed E-state index contributed by atoms with van der Waals surface area (Å²) in [6, 6.07) is 10.5. The molecule has 0 radical (unpaired) electrons. The summed E-state index contributed by atoms with van der Waals surface area (Å²) in [5.74, 6) is -0.630. The molecule has 2 aromatic carbocycles. The molecule has 0 spiro atoms. The lowest BCUT2D eigenvalue weighted by atomic mass is 9.83. The zero-order valence-corrected chi connectivity index (χ0v) is 20.2. The molecule has 1 atom stereocenters. The molecule has 0 bridgehead atoms. The number of hydrogen-bond acceptors (Lipinski definition) is 4. The van der Waals surface area contributed by atoms with E-state index in [4.69, 9.17) is 0 Å². The minimum atomic E-state index is -0.388. The lowest BCUT2D eigenvalue weighted by Crippen LogP contribution is -2.56. The lowest BCUT2D eigenvalue weighted by molar-refractivity contribution is 0.0285. The molecule has 2 aromatic rings. The average Bonchev–Trinajstić information content (AvgIpc) is 2.71. The number of amides is 2. The van der Waals surface area contributed by atoms with E-state index in [9.17, 15) is 14.6 Å². The molecule has 2 rings (SSSR count). The maximum atomic E-state index is 13.6. The molecule has 0 saturated heterocycles. The van der Waals surface area contributed by atoms with Gasteiger partial charge in [-0.3, -0.25) is 15.0 Å². The third-order valence-corrected chi connectivity index (χ3v) is 5.45. The Hall–Kier alpha value is -2.86. The summed E-state index contributed by atoms with van der Waals surface area (Å²) < 4.78 is 0. The van der Waals surface area contributed by atoms with Crippen LogP contribution in [0.5, 0.6) is 0 Å². The highest BCUT2D eigenvalue weighted by Crippen LogP contribution is 2.27. The van der Waals surface area contributed by atoms with Crippen molar-refractivity contribution in [2.75, 3.05) is 0 Å². The molecule has 6 nitrogen and oxygen atoms in total. The second kappa shape index (κ2) is 10.6. The van der Waals surface area contributed by atoms with Gasteiger partial charge in [-0.15, -0.1) is 0 Å². The third kappa shape index (κ3) is 6.10. The van der Waals surface area contributed by atoms with Gasteiger partial charge in [0.1, 0.15) is 0 Å². The summed E-state index contributed by atoms with van der Waals surface area (Å²) in [5.41, 5.74) is 6.88. The Morgan fingerprint density at radius 1 is 1.16 bits per heavy atom. The predicted molar refractivity (Wildman–Crippen MR) is 135 cm³/mol. The summed E-state index contributed by atoms with van der Waals surface area (Å²) in [6.07, 6.45) is 2.28. The summed E-state index contributed by atoms with van der Waals surface area (Å²) in [7, 11) is 1.48. The Morgan fingerprint density at radius 3 is 2.28 bits per heavy atom. The Morgan fingerprint density at radius 2 is 1.78 bits per heavy atom. The van der Waals surface area contributed by atoms with Crippen molar-refractivity contribution >= 4 is 39.0 Å². The van der Waals surface area contributed by atoms with E-state index in [2.05, 4.69) is 31.1 Å². The number of hydrogen-bond donors (Lipinski definition) is 2. The molecule has 32 heavy (non-hydrogen) atoms. The van der Waals surface area contributed by atoms with Crippen LogP contribution >= 0.6 is 0 Å². The van der Waals surface area contributed by atoms with Crippen molar-refractivity contribution in [3.8, 4) is 0 Å². The molecule has 0 saturated carbocycles. The molecule has 168 valence electrons. The summed E-state index contributed by atoms with van der Waals surface area (Å²) in [4.78, 5) is 30.8. The van der Waals surface area contributed by atoms with E-state index >= 15 is 0 Å². The second-order valence-corrected chi connectivity index (χ2v) is 9.24. The molecule has 2 N–H and O–H groups in total. The molecular formula is C24H33B2N3O3. The molecule has 0 aliphatic heterocycles. The van der Waals surface area contributed by atoms with Crippen LogP contribution in [0.25, 0.3) is 0 Å². The van der Waals surface area contributed by atoms with Gasteiger partial charge >= 0.3 is 7.48 Å². The van der Waals surface area contributed by atoms with Gasteiger partial charge in [0.05, 0.1) is 6.04 Å². The van der Waals surface area contributed by atoms with Gasteiger partial charge in [-0.1, -0.05) is 51.0 Å². The van der Waals surface area contributed by atoms with Gasteiger partial charge in [-0.25, -0.2) is 5.01 Å². The molecule has 0 unspecified atom stereocenters. The Bertz CT molecular complexity index is 996. The fourth-order valence-corrected chi connectivity index (χ4v) is 4.00. The first-order valence-electron chi connectivity index (χ1n) is 10.9. The van der Waals surface area contributed by atoms with Crippen LogP contribution < -0.4 is 10.9 Å². The van der Waals surface area contributed by atoms with Crippen LogP contribution in [0, 0.1) is 19.3 Å². The second-order valence-electron chi connectivity index (χ2n) is 9.24. The molecule has 0 fully saturated rings. The molecule has 0 heterocycles. The first-order valence-corrected chi connectivity index (χ1v) is 10.9. The van der Waals surface area contributed by atoms with Crippen LogP contribution in [0.1, 0.15) is 71.5 Å². The minimum absolute atomic E-state index is 0.150. The zero-order valence-electron chi connectivity index (χ0n) is 20.2. The normalized spacial score (nSPS) is 12.5. The lowest BCUT2D eigenvalue weighted by Gasteiger charge is -2.39. The van der Waals surface area contributed by atoms with Gasteiger partial charge in [0.2, 0.25) is 7.98 Å². The SMILES string of the molecule is B/N=C\c1cc(C(=O)NN(C(=O)c2cc(C)cc(C)c2)[C@H](CC)C(C)(C)C)ccc1BO. The van der Waals surface area contributed by atoms with E-state index in [1.807, 2.05) is 39.0 Å². The highest BCUT2D eigenvalue weighted by atomic mass is 16.2. The highest BCUT2D eigenvalue weighted by molar-refractivity contribution is 6.47. The largest absolute Gasteiger partial charge is 0.449 e. The van der Waals surface area contributed by atoms with E-state index in [0.29, 0.717) is 28.6 Å². The quantitative estimate of drug-likeness (QED) is 0.415. The maximum Gasteiger partial charge on any atom is 0.305 e. The van der Waals surface area contributed by atoms with Crippen LogP contribution in [0.15, 0.2) is 41.3 Å². The standard InChI is InChI=1S/C24H33B2N3O3/c1-7-21(24(4,5)6)29(23(31)18-11-15(2)10-16(3)12-18)28-22(30)17-8-9-20(26-32)19(13-17)14-27-25/h8-14,21,26,32H,7,25H2,1-6H3,(H,28,30)/b27-14-/t21-/m1/s1. The van der Waals surface area contributed by atoms with E-state index in [1.54, 1.807) is 32.4 Å². The summed E-state index contributed by atoms with van der Waals surface area (Å²) >= 11 is 0.